The summed E-state index contributed by atoms with van der Waals surface area (Å²) in [5.41, 5.74) is 13.2. The summed E-state index contributed by atoms with van der Waals surface area (Å²) < 4.78 is 25.7. The molecule has 7 nitrogen and oxygen atoms in total. The van der Waals surface area contributed by atoms with E-state index in [4.69, 9.17) is 18.9 Å². The molecule has 0 atom stereocenters. The number of hydrogen-bond acceptors (Lipinski definition) is 6. The van der Waals surface area contributed by atoms with Crippen molar-refractivity contribution in [2.75, 3.05) is 36.5 Å². The Bertz CT molecular complexity index is 2290. The van der Waals surface area contributed by atoms with Gasteiger partial charge in [0, 0.05) is 52.4 Å². The zero-order chi connectivity index (χ0) is 37.9. The van der Waals surface area contributed by atoms with E-state index in [0.29, 0.717) is 0 Å². The van der Waals surface area contributed by atoms with Crippen molar-refractivity contribution in [2.24, 2.45) is 0 Å². The van der Waals surface area contributed by atoms with Crippen LogP contribution in [0.25, 0.3) is 0 Å². The molecule has 0 spiro atoms. The molecule has 7 heteroatoms. The molecule has 0 saturated carbocycles. The van der Waals surface area contributed by atoms with Gasteiger partial charge in [0.15, 0.2) is 28.7 Å². The van der Waals surface area contributed by atoms with Gasteiger partial charge in [0.1, 0.15) is 6.54 Å². The number of nitrogens with zero attached hydrogens (tertiary/aromatic N) is 3. The van der Waals surface area contributed by atoms with E-state index in [1.165, 1.54) is 50.8 Å². The average Bonchev–Trinajstić information content (AvgIpc) is 3.95. The van der Waals surface area contributed by atoms with Crippen molar-refractivity contribution in [1.29, 1.82) is 0 Å². The van der Waals surface area contributed by atoms with Crippen molar-refractivity contribution >= 4 is 28.5 Å². The van der Waals surface area contributed by atoms with Crippen LogP contribution in [0, 0.1) is 0 Å². The van der Waals surface area contributed by atoms with Gasteiger partial charge in [-0.15, -0.1) is 0 Å². The Morgan fingerprint density at radius 3 is 1.91 bits per heavy atom. The van der Waals surface area contributed by atoms with Gasteiger partial charge in [0.05, 0.1) is 17.2 Å². The number of ether oxygens (including phenoxy) is 4. The first kappa shape index (κ1) is 35.0. The van der Waals surface area contributed by atoms with Gasteiger partial charge < -0.3 is 28.7 Å². The molecule has 55 heavy (non-hydrogen) atoms. The third kappa shape index (κ3) is 5.74. The van der Waals surface area contributed by atoms with Crippen molar-refractivity contribution in [2.45, 2.75) is 71.6 Å². The second-order valence-electron chi connectivity index (χ2n) is 15.9. The molecule has 5 aliphatic rings. The molecule has 4 aliphatic heterocycles. The van der Waals surface area contributed by atoms with Gasteiger partial charge in [-0.2, -0.15) is 4.58 Å². The van der Waals surface area contributed by atoms with Gasteiger partial charge >= 0.3 is 0 Å². The molecule has 4 aromatic carbocycles. The number of benzene rings is 4. The van der Waals surface area contributed by atoms with Crippen LogP contribution in [0.5, 0.6) is 23.0 Å². The maximum absolute atomic E-state index is 5.83. The summed E-state index contributed by atoms with van der Waals surface area (Å²) in [5, 5.41) is 0. The van der Waals surface area contributed by atoms with Crippen molar-refractivity contribution in [3.63, 3.8) is 0 Å². The Morgan fingerprint density at radius 2 is 1.29 bits per heavy atom. The number of likely N-dealkylation sites (N-methyl/N-ethyl adjacent to an activating group) is 1. The molecule has 0 bridgehead atoms. The van der Waals surface area contributed by atoms with E-state index in [1.807, 2.05) is 0 Å². The zero-order valence-corrected chi connectivity index (χ0v) is 32.8. The minimum absolute atomic E-state index is 0.219. The SMILES string of the molecule is CCN1/C(=C\C=C2/CCCC(/C=C/C3=[N+](CC)c4cc5c(cc4C3(C)C)OCO5)=C2N(c2ccccc2)c2ccccc2)C(C)(C)c2cc3c(cc21)OCO3. The number of rotatable bonds is 8. The standard InChI is InChI=1S/C48H50N3O4/c1-7-49-38-28-42-40(52-30-54-42)26-36(38)47(3,4)44(49)24-22-32-16-15-17-33(46(32)51(34-18-11-9-12-19-34)35-20-13-10-14-21-35)23-25-45-48(5,6)37-27-41-43(55-31-53-41)29-39(37)50(45)8-2/h9-14,18-29H,7-8,15-17,30-31H2,1-6H3/q+1. The molecule has 0 radical (unpaired) electrons. The number of para-hydroxylation sites is 2. The van der Waals surface area contributed by atoms with E-state index in [2.05, 4.69) is 165 Å². The Labute approximate surface area is 325 Å². The predicted octanol–water partition coefficient (Wildman–Crippen LogP) is 11.0. The van der Waals surface area contributed by atoms with Crippen LogP contribution in [-0.4, -0.2) is 37.0 Å². The first-order valence-electron chi connectivity index (χ1n) is 19.7. The highest BCUT2D eigenvalue weighted by atomic mass is 16.7. The average molecular weight is 733 g/mol. The van der Waals surface area contributed by atoms with E-state index in [-0.39, 0.29) is 24.4 Å². The van der Waals surface area contributed by atoms with Gasteiger partial charge in [-0.25, -0.2) is 0 Å². The highest BCUT2D eigenvalue weighted by Crippen LogP contribution is 2.53. The first-order chi connectivity index (χ1) is 26.7. The maximum Gasteiger partial charge on any atom is 0.231 e. The summed E-state index contributed by atoms with van der Waals surface area (Å²) in [7, 11) is 0. The smallest absolute Gasteiger partial charge is 0.231 e. The van der Waals surface area contributed by atoms with Crippen LogP contribution >= 0.6 is 0 Å². The molecule has 280 valence electrons. The molecular formula is C48H50N3O4+. The number of fused-ring (bicyclic) bond motifs is 4. The van der Waals surface area contributed by atoms with E-state index in [1.54, 1.807) is 0 Å². The highest BCUT2D eigenvalue weighted by Gasteiger charge is 2.46. The third-order valence-electron chi connectivity index (χ3n) is 12.0. The second kappa shape index (κ2) is 13.6. The summed E-state index contributed by atoms with van der Waals surface area (Å²) in [6.45, 7) is 16.0. The quantitative estimate of drug-likeness (QED) is 0.168. The first-order valence-corrected chi connectivity index (χ1v) is 19.7. The van der Waals surface area contributed by atoms with Crippen LogP contribution in [0.1, 0.15) is 71.9 Å². The zero-order valence-electron chi connectivity index (χ0n) is 32.8. The van der Waals surface area contributed by atoms with Crippen molar-refractivity contribution in [1.82, 2.24) is 0 Å². The minimum Gasteiger partial charge on any atom is -0.454 e. The summed E-state index contributed by atoms with van der Waals surface area (Å²) in [6.07, 6.45) is 12.6. The molecule has 0 amide bonds. The number of anilines is 3. The monoisotopic (exact) mass is 732 g/mol. The molecule has 9 rings (SSSR count). The minimum atomic E-state index is -0.219. The van der Waals surface area contributed by atoms with Crippen molar-refractivity contribution in [3.8, 4) is 23.0 Å². The fourth-order valence-electron chi connectivity index (χ4n) is 9.24. The van der Waals surface area contributed by atoms with Crippen LogP contribution < -0.4 is 28.7 Å². The van der Waals surface area contributed by atoms with Crippen LogP contribution in [0.2, 0.25) is 0 Å². The molecule has 4 aromatic rings. The largest absolute Gasteiger partial charge is 0.454 e. The second-order valence-corrected chi connectivity index (χ2v) is 15.9. The summed E-state index contributed by atoms with van der Waals surface area (Å²) in [4.78, 5) is 4.90. The van der Waals surface area contributed by atoms with E-state index in [0.717, 1.165) is 66.7 Å². The normalized spacial score (nSPS) is 20.3. The van der Waals surface area contributed by atoms with Gasteiger partial charge in [0.25, 0.3) is 0 Å². The fraction of sp³-hybridized carbons (Fsp3) is 0.312. The molecule has 0 N–H and O–H groups in total. The molecule has 0 unspecified atom stereocenters. The highest BCUT2D eigenvalue weighted by molar-refractivity contribution is 6.03. The summed E-state index contributed by atoms with van der Waals surface area (Å²) in [6, 6.07) is 30.3. The molecule has 4 heterocycles. The third-order valence-corrected chi connectivity index (χ3v) is 12.0. The lowest BCUT2D eigenvalue weighted by Crippen LogP contribution is -2.28. The topological polar surface area (TPSA) is 46.4 Å². The van der Waals surface area contributed by atoms with Crippen molar-refractivity contribution < 1.29 is 23.5 Å². The molecule has 1 aliphatic carbocycles. The Kier molecular flexibility index (Phi) is 8.64. The summed E-state index contributed by atoms with van der Waals surface area (Å²) in [5.74, 6) is 3.30. The number of allylic oxidation sites excluding steroid dienone is 7. The van der Waals surface area contributed by atoms with E-state index < -0.39 is 0 Å². The lowest BCUT2D eigenvalue weighted by molar-refractivity contribution is -0.433. The number of hydrogen-bond donors (Lipinski definition) is 0. The maximum atomic E-state index is 5.83. The molecule has 0 fully saturated rings. The Morgan fingerprint density at radius 1 is 0.691 bits per heavy atom. The van der Waals surface area contributed by atoms with Gasteiger partial charge in [-0.3, -0.25) is 0 Å². The van der Waals surface area contributed by atoms with Crippen LogP contribution in [0.4, 0.5) is 22.7 Å². The van der Waals surface area contributed by atoms with E-state index >= 15 is 0 Å². The van der Waals surface area contributed by atoms with Crippen molar-refractivity contribution in [3.05, 3.63) is 143 Å². The van der Waals surface area contributed by atoms with Crippen LogP contribution in [0.3, 0.4) is 0 Å². The summed E-state index contributed by atoms with van der Waals surface area (Å²) >= 11 is 0. The Balaban J connectivity index is 1.20. The lowest BCUT2D eigenvalue weighted by Gasteiger charge is -2.34. The fourth-order valence-corrected chi connectivity index (χ4v) is 9.24. The lowest BCUT2D eigenvalue weighted by atomic mass is 9.80. The van der Waals surface area contributed by atoms with Gasteiger partial charge in [0.2, 0.25) is 19.3 Å². The Hall–Kier alpha value is -5.69. The van der Waals surface area contributed by atoms with Gasteiger partial charge in [-0.05, 0) is 106 Å². The molecule has 0 saturated heterocycles. The van der Waals surface area contributed by atoms with E-state index in [9.17, 15) is 0 Å². The van der Waals surface area contributed by atoms with Crippen LogP contribution in [-0.2, 0) is 10.8 Å². The van der Waals surface area contributed by atoms with Crippen LogP contribution in [0.15, 0.2) is 132 Å². The molecule has 0 aromatic heterocycles. The predicted molar refractivity (Wildman–Crippen MR) is 221 cm³/mol. The van der Waals surface area contributed by atoms with Gasteiger partial charge in [-0.1, -0.05) is 62.4 Å². The molecular weight excluding hydrogens is 683 g/mol.